The number of hydrogen-bond donors (Lipinski definition) is 0. The molecule has 1 aliphatic rings. The summed E-state index contributed by atoms with van der Waals surface area (Å²) in [6.45, 7) is 7.53. The van der Waals surface area contributed by atoms with Gasteiger partial charge in [0.25, 0.3) is 0 Å². The average molecular weight is 604 g/mol. The Morgan fingerprint density at radius 3 is 1.71 bits per heavy atom. The quantitative estimate of drug-likeness (QED) is 0.0641. The lowest BCUT2D eigenvalue weighted by Crippen LogP contribution is -2.46. The molecule has 0 bridgehead atoms. The summed E-state index contributed by atoms with van der Waals surface area (Å²) in [7, 11) is -4.25. The van der Waals surface area contributed by atoms with Gasteiger partial charge in [-0.15, -0.1) is 0 Å². The van der Waals surface area contributed by atoms with E-state index in [-0.39, 0.29) is 4.90 Å². The molecule has 0 N–H and O–H groups in total. The summed E-state index contributed by atoms with van der Waals surface area (Å²) in [5.41, 5.74) is 0. The first kappa shape index (κ1) is 31.4. The molecule has 0 saturated carbocycles. The maximum Gasteiger partial charge on any atom is 0.141 e. The van der Waals surface area contributed by atoms with E-state index in [0.29, 0.717) is 0 Å². The van der Waals surface area contributed by atoms with Crippen LogP contribution >= 0.6 is 22.6 Å². The molecule has 0 atom stereocenters. The maximum atomic E-state index is 10.3. The van der Waals surface area contributed by atoms with Crippen molar-refractivity contribution in [3.63, 3.8) is 0 Å². The molecular weight excluding hydrogens is 557 g/mol. The second-order valence-corrected chi connectivity index (χ2v) is 11.6. The molecule has 6 heteroatoms. The third kappa shape index (κ3) is 15.4. The fraction of sp³-hybridized carbons (Fsp3) is 0.714. The molecule has 0 aliphatic carbocycles. The van der Waals surface area contributed by atoms with Gasteiger partial charge in [-0.05, 0) is 34.8 Å². The molecular formula is C28H46INO3S. The monoisotopic (exact) mass is 603 g/mol. The van der Waals surface area contributed by atoms with E-state index in [0.717, 1.165) is 6.54 Å². The molecule has 194 valence electrons. The molecule has 2 rings (SSSR count). The normalized spacial score (nSPS) is 14.7. The summed E-state index contributed by atoms with van der Waals surface area (Å²) < 4.78 is 35.2. The molecule has 1 aliphatic heterocycles. The highest BCUT2D eigenvalue weighted by Gasteiger charge is 2.30. The largest absolute Gasteiger partial charge is 0.744 e. The smallest absolute Gasteiger partial charge is 0.141 e. The number of halogens is 1. The molecule has 4 nitrogen and oxygen atoms in total. The van der Waals surface area contributed by atoms with E-state index in [1.165, 1.54) is 145 Å². The highest BCUT2D eigenvalue weighted by molar-refractivity contribution is 14.1. The van der Waals surface area contributed by atoms with Crippen molar-refractivity contribution in [2.24, 2.45) is 0 Å². The summed E-state index contributed by atoms with van der Waals surface area (Å²) in [6, 6.07) is 7.19. The molecule has 1 aromatic carbocycles. The fourth-order valence-corrected chi connectivity index (χ4v) is 5.38. The summed E-state index contributed by atoms with van der Waals surface area (Å²) in [5, 5.41) is 0. The molecule has 1 heterocycles. The van der Waals surface area contributed by atoms with Gasteiger partial charge < -0.3 is 9.04 Å². The van der Waals surface area contributed by atoms with Gasteiger partial charge in [-0.3, -0.25) is 0 Å². The lowest BCUT2D eigenvalue weighted by molar-refractivity contribution is -0.910. The van der Waals surface area contributed by atoms with Crippen LogP contribution in [-0.2, 0) is 10.1 Å². The minimum atomic E-state index is -4.25. The molecule has 0 spiro atoms. The predicted octanol–water partition coefficient (Wildman–Crippen LogP) is 7.67. The van der Waals surface area contributed by atoms with Gasteiger partial charge in [-0.2, -0.15) is 0 Å². The Morgan fingerprint density at radius 2 is 1.29 bits per heavy atom. The van der Waals surface area contributed by atoms with E-state index >= 15 is 0 Å². The summed E-state index contributed by atoms with van der Waals surface area (Å²) in [6.07, 6.45) is 21.7. The average Bonchev–Trinajstić information content (AvgIpc) is 3.30. The standard InChI is InChI=1S/C22H41IN.C6H6O3S/c1-2-3-4-5-6-7-8-9-10-11-12-13-14-19-24(22-17-18-23)20-15-16-21-24;7-10(8,9)6-4-2-1-3-5-6/h2-16,19-22H2,1H3;1-5H,(H,7,8,9)/q+1;/p-1. The Morgan fingerprint density at radius 1 is 0.824 bits per heavy atom. The summed E-state index contributed by atoms with van der Waals surface area (Å²) in [4.78, 5) is -0.185. The van der Waals surface area contributed by atoms with Gasteiger partial charge >= 0.3 is 0 Å². The van der Waals surface area contributed by atoms with Crippen molar-refractivity contribution in [3.05, 3.63) is 30.3 Å². The number of hydrogen-bond acceptors (Lipinski definition) is 3. The SMILES string of the molecule is CCCCCCCCCCCCCCC[N+]1(CC#CI)CCCC1.O=S(=O)([O-])c1ccccc1. The predicted molar refractivity (Wildman–Crippen MR) is 151 cm³/mol. The Hall–Kier alpha value is -0.620. The topological polar surface area (TPSA) is 57.2 Å². The Bertz CT molecular complexity index is 781. The van der Waals surface area contributed by atoms with Crippen molar-refractivity contribution in [2.45, 2.75) is 108 Å². The van der Waals surface area contributed by atoms with E-state index in [4.69, 9.17) is 0 Å². The number of rotatable bonds is 16. The first-order valence-electron chi connectivity index (χ1n) is 13.4. The molecule has 1 saturated heterocycles. The van der Waals surface area contributed by atoms with E-state index in [1.54, 1.807) is 6.07 Å². The number of unbranched alkanes of at least 4 members (excludes halogenated alkanes) is 12. The van der Waals surface area contributed by atoms with E-state index in [9.17, 15) is 13.0 Å². The first-order valence-corrected chi connectivity index (χ1v) is 15.9. The Balaban J connectivity index is 0.000000479. The zero-order valence-electron chi connectivity index (χ0n) is 21.3. The highest BCUT2D eigenvalue weighted by atomic mass is 127. The van der Waals surface area contributed by atoms with Crippen LogP contribution in [-0.4, -0.2) is 43.6 Å². The van der Waals surface area contributed by atoms with Gasteiger partial charge in [0.15, 0.2) is 0 Å². The van der Waals surface area contributed by atoms with Gasteiger partial charge in [0.1, 0.15) is 16.7 Å². The highest BCUT2D eigenvalue weighted by Crippen LogP contribution is 2.21. The first-order chi connectivity index (χ1) is 16.4. The lowest BCUT2D eigenvalue weighted by Gasteiger charge is -2.32. The molecule has 0 amide bonds. The van der Waals surface area contributed by atoms with Crippen LogP contribution in [0.5, 0.6) is 0 Å². The van der Waals surface area contributed by atoms with Crippen molar-refractivity contribution in [1.29, 1.82) is 0 Å². The molecule has 0 aromatic heterocycles. The zero-order valence-corrected chi connectivity index (χ0v) is 24.3. The summed E-state index contributed by atoms with van der Waals surface area (Å²) in [5.74, 6) is 3.34. The number of quaternary nitrogens is 1. The zero-order chi connectivity index (χ0) is 25.0. The van der Waals surface area contributed by atoms with Crippen molar-refractivity contribution in [1.82, 2.24) is 0 Å². The van der Waals surface area contributed by atoms with E-state index in [2.05, 4.69) is 39.4 Å². The fourth-order valence-electron chi connectivity index (χ4n) is 4.72. The number of benzene rings is 1. The van der Waals surface area contributed by atoms with Gasteiger partial charge in [0.05, 0.1) is 24.5 Å². The van der Waals surface area contributed by atoms with Crippen LogP contribution in [0.2, 0.25) is 0 Å². The van der Waals surface area contributed by atoms with Crippen LogP contribution in [0.4, 0.5) is 0 Å². The van der Waals surface area contributed by atoms with Crippen LogP contribution in [0.1, 0.15) is 103 Å². The van der Waals surface area contributed by atoms with Crippen molar-refractivity contribution in [2.75, 3.05) is 26.2 Å². The second-order valence-electron chi connectivity index (χ2n) is 9.66. The van der Waals surface area contributed by atoms with Gasteiger partial charge in [-0.1, -0.05) is 95.8 Å². The van der Waals surface area contributed by atoms with Crippen molar-refractivity contribution >= 4 is 32.7 Å². The summed E-state index contributed by atoms with van der Waals surface area (Å²) >= 11 is 2.19. The lowest BCUT2D eigenvalue weighted by atomic mass is 10.0. The maximum absolute atomic E-state index is 10.3. The Labute approximate surface area is 223 Å². The van der Waals surface area contributed by atoms with Crippen molar-refractivity contribution in [3.8, 4) is 9.85 Å². The van der Waals surface area contributed by atoms with Crippen molar-refractivity contribution < 1.29 is 17.5 Å². The van der Waals surface area contributed by atoms with Gasteiger partial charge in [0, 0.05) is 35.4 Å². The van der Waals surface area contributed by atoms with E-state index < -0.39 is 10.1 Å². The molecule has 0 unspecified atom stereocenters. The number of likely N-dealkylation sites (tertiary alicyclic amines) is 1. The minimum Gasteiger partial charge on any atom is -0.744 e. The number of nitrogens with zero attached hydrogens (tertiary/aromatic N) is 1. The van der Waals surface area contributed by atoms with Gasteiger partial charge in [-0.25, -0.2) is 8.42 Å². The van der Waals surface area contributed by atoms with Crippen LogP contribution in [0.25, 0.3) is 0 Å². The molecule has 0 radical (unpaired) electrons. The van der Waals surface area contributed by atoms with Crippen LogP contribution in [0, 0.1) is 9.85 Å². The molecule has 1 aromatic rings. The Kier molecular flexibility index (Phi) is 18.1. The minimum absolute atomic E-state index is 0.185. The molecule has 1 fully saturated rings. The van der Waals surface area contributed by atoms with E-state index in [1.807, 2.05) is 0 Å². The second kappa shape index (κ2) is 19.6. The van der Waals surface area contributed by atoms with Crippen LogP contribution in [0.3, 0.4) is 0 Å². The van der Waals surface area contributed by atoms with Crippen LogP contribution < -0.4 is 0 Å². The molecule has 34 heavy (non-hydrogen) atoms. The third-order valence-electron chi connectivity index (χ3n) is 6.76. The van der Waals surface area contributed by atoms with Gasteiger partial charge in [0.2, 0.25) is 0 Å². The van der Waals surface area contributed by atoms with Crippen LogP contribution in [0.15, 0.2) is 35.2 Å². The third-order valence-corrected chi connectivity index (χ3v) is 7.99.